The average Bonchev–Trinajstić information content (AvgIpc) is 2.30. The van der Waals surface area contributed by atoms with Crippen molar-refractivity contribution >= 4 is 6.72 Å². The summed E-state index contributed by atoms with van der Waals surface area (Å²) >= 11 is 0. The Kier molecular flexibility index (Phi) is 19.0. The van der Waals surface area contributed by atoms with Crippen molar-refractivity contribution in [3.8, 4) is 0 Å². The van der Waals surface area contributed by atoms with E-state index >= 15 is 0 Å². The highest BCUT2D eigenvalue weighted by Crippen LogP contribution is 2.02. The Labute approximate surface area is 115 Å². The van der Waals surface area contributed by atoms with Gasteiger partial charge in [0.25, 0.3) is 0 Å². The molecule has 0 aliphatic rings. The third-order valence-electron chi connectivity index (χ3n) is 1.92. The molecule has 18 heavy (non-hydrogen) atoms. The Bertz CT molecular complexity index is 311. The number of aliphatic imine (C=N–C) groups is 1. The molecule has 0 aliphatic carbocycles. The van der Waals surface area contributed by atoms with Crippen LogP contribution in [-0.2, 0) is 0 Å². The standard InChI is InChI=1S/C8H13N.C7H12.C2H6/c1-7(2)5-8(3)6-9-4;1-5-7(4)6(2)3;1-2/h5-6H,4H2,1-3H3;5H,2H2,1,3-4H3;1-2H3/b8-6-;7-5-;. The quantitative estimate of drug-likeness (QED) is 0.422. The maximum Gasteiger partial charge on any atom is 0.0289 e. The van der Waals surface area contributed by atoms with Crippen LogP contribution in [0.1, 0.15) is 55.4 Å². The summed E-state index contributed by atoms with van der Waals surface area (Å²) in [6.07, 6.45) is 5.87. The summed E-state index contributed by atoms with van der Waals surface area (Å²) in [7, 11) is 0. The fourth-order valence-corrected chi connectivity index (χ4v) is 0.883. The van der Waals surface area contributed by atoms with Crippen LogP contribution in [0.2, 0.25) is 0 Å². The summed E-state index contributed by atoms with van der Waals surface area (Å²) < 4.78 is 0. The number of hydrogen-bond donors (Lipinski definition) is 0. The van der Waals surface area contributed by atoms with Crippen molar-refractivity contribution in [2.75, 3.05) is 0 Å². The van der Waals surface area contributed by atoms with E-state index in [1.54, 1.807) is 6.20 Å². The summed E-state index contributed by atoms with van der Waals surface area (Å²) in [5.74, 6) is 0. The van der Waals surface area contributed by atoms with Gasteiger partial charge in [-0.15, -0.1) is 0 Å². The first-order chi connectivity index (χ1) is 8.34. The lowest BCUT2D eigenvalue weighted by Gasteiger charge is -1.92. The second kappa shape index (κ2) is 15.6. The predicted molar refractivity (Wildman–Crippen MR) is 88.3 cm³/mol. The Hall–Kier alpha value is -1.37. The van der Waals surface area contributed by atoms with Crippen LogP contribution < -0.4 is 0 Å². The van der Waals surface area contributed by atoms with Crippen LogP contribution in [0.15, 0.2) is 52.2 Å². The van der Waals surface area contributed by atoms with Gasteiger partial charge in [0.05, 0.1) is 0 Å². The molecule has 0 unspecified atom stereocenters. The van der Waals surface area contributed by atoms with Crippen LogP contribution in [-0.4, -0.2) is 6.72 Å². The van der Waals surface area contributed by atoms with Crippen molar-refractivity contribution in [1.29, 1.82) is 0 Å². The molecule has 0 saturated heterocycles. The molecule has 1 nitrogen and oxygen atoms in total. The molecule has 0 aliphatic heterocycles. The van der Waals surface area contributed by atoms with E-state index in [2.05, 4.69) is 51.2 Å². The van der Waals surface area contributed by atoms with E-state index in [9.17, 15) is 0 Å². The van der Waals surface area contributed by atoms with Gasteiger partial charge in [-0.3, -0.25) is 4.99 Å². The van der Waals surface area contributed by atoms with Crippen LogP contribution in [0.25, 0.3) is 0 Å². The third kappa shape index (κ3) is 20.1. The van der Waals surface area contributed by atoms with Gasteiger partial charge in [-0.25, -0.2) is 0 Å². The fraction of sp³-hybridized carbons (Fsp3) is 0.471. The molecule has 0 bridgehead atoms. The normalized spacial score (nSPS) is 10.2. The second-order valence-electron chi connectivity index (χ2n) is 4.03. The van der Waals surface area contributed by atoms with Crippen molar-refractivity contribution in [1.82, 2.24) is 0 Å². The average molecular weight is 249 g/mol. The zero-order valence-electron chi connectivity index (χ0n) is 13.6. The minimum Gasteiger partial charge on any atom is -0.272 e. The largest absolute Gasteiger partial charge is 0.272 e. The Morgan fingerprint density at radius 3 is 1.61 bits per heavy atom. The number of rotatable bonds is 3. The third-order valence-corrected chi connectivity index (χ3v) is 1.92. The zero-order valence-corrected chi connectivity index (χ0v) is 13.6. The molecule has 0 heterocycles. The molecule has 0 aromatic carbocycles. The Morgan fingerprint density at radius 2 is 1.44 bits per heavy atom. The van der Waals surface area contributed by atoms with Crippen LogP contribution in [0.5, 0.6) is 0 Å². The van der Waals surface area contributed by atoms with E-state index in [0.29, 0.717) is 0 Å². The summed E-state index contributed by atoms with van der Waals surface area (Å²) in [5.41, 5.74) is 4.86. The highest BCUT2D eigenvalue weighted by atomic mass is 14.6. The van der Waals surface area contributed by atoms with Crippen molar-refractivity contribution in [2.24, 2.45) is 4.99 Å². The van der Waals surface area contributed by atoms with E-state index < -0.39 is 0 Å². The molecule has 0 spiro atoms. The highest BCUT2D eigenvalue weighted by molar-refractivity contribution is 5.28. The van der Waals surface area contributed by atoms with Crippen LogP contribution in [0, 0.1) is 0 Å². The Morgan fingerprint density at radius 1 is 1.00 bits per heavy atom. The smallest absolute Gasteiger partial charge is 0.0289 e. The molecular weight excluding hydrogens is 218 g/mol. The predicted octanol–water partition coefficient (Wildman–Crippen LogP) is 6.11. The summed E-state index contributed by atoms with van der Waals surface area (Å²) in [6, 6.07) is 0. The van der Waals surface area contributed by atoms with E-state index in [0.717, 1.165) is 11.1 Å². The Balaban J connectivity index is -0.000000225. The summed E-state index contributed by atoms with van der Waals surface area (Å²) in [4.78, 5) is 3.63. The monoisotopic (exact) mass is 249 g/mol. The molecule has 0 aromatic rings. The maximum absolute atomic E-state index is 3.76. The first-order valence-corrected chi connectivity index (χ1v) is 6.41. The van der Waals surface area contributed by atoms with Crippen LogP contribution in [0.3, 0.4) is 0 Å². The van der Waals surface area contributed by atoms with Crippen LogP contribution in [0.4, 0.5) is 0 Å². The van der Waals surface area contributed by atoms with Crippen LogP contribution >= 0.6 is 0 Å². The molecule has 1 heteroatoms. The highest BCUT2D eigenvalue weighted by Gasteiger charge is 1.81. The first kappa shape index (κ1) is 21.9. The van der Waals surface area contributed by atoms with E-state index in [-0.39, 0.29) is 0 Å². The number of allylic oxidation sites excluding steroid dienone is 6. The van der Waals surface area contributed by atoms with Crippen molar-refractivity contribution < 1.29 is 0 Å². The van der Waals surface area contributed by atoms with E-state index in [4.69, 9.17) is 0 Å². The van der Waals surface area contributed by atoms with E-state index in [1.807, 2.05) is 34.6 Å². The molecule has 0 saturated carbocycles. The minimum atomic E-state index is 1.14. The SMILES string of the molecule is C=C(C)/C(C)=C\C.C=N/C=C(/C)C=C(C)C.CC. The van der Waals surface area contributed by atoms with Gasteiger partial charge in [0.15, 0.2) is 0 Å². The molecule has 0 radical (unpaired) electrons. The van der Waals surface area contributed by atoms with Gasteiger partial charge in [0.1, 0.15) is 0 Å². The van der Waals surface area contributed by atoms with Gasteiger partial charge < -0.3 is 0 Å². The summed E-state index contributed by atoms with van der Waals surface area (Å²) in [6.45, 7) is 23.3. The maximum atomic E-state index is 3.76. The minimum absolute atomic E-state index is 1.14. The lowest BCUT2D eigenvalue weighted by Crippen LogP contribution is -1.71. The number of hydrogen-bond acceptors (Lipinski definition) is 1. The molecule has 0 rings (SSSR count). The summed E-state index contributed by atoms with van der Waals surface area (Å²) in [5, 5.41) is 0. The first-order valence-electron chi connectivity index (χ1n) is 6.41. The molecule has 0 atom stereocenters. The van der Waals surface area contributed by atoms with Crippen molar-refractivity contribution in [3.63, 3.8) is 0 Å². The van der Waals surface area contributed by atoms with E-state index in [1.165, 1.54) is 11.1 Å². The molecular formula is C17H31N. The lowest BCUT2D eigenvalue weighted by atomic mass is 10.2. The lowest BCUT2D eigenvalue weighted by molar-refractivity contribution is 1.33. The van der Waals surface area contributed by atoms with Crippen molar-refractivity contribution in [3.05, 3.63) is 47.2 Å². The topological polar surface area (TPSA) is 12.4 Å². The fourth-order valence-electron chi connectivity index (χ4n) is 0.883. The van der Waals surface area contributed by atoms with Gasteiger partial charge in [0, 0.05) is 6.20 Å². The molecule has 0 N–H and O–H groups in total. The molecule has 104 valence electrons. The second-order valence-corrected chi connectivity index (χ2v) is 4.03. The van der Waals surface area contributed by atoms with Crippen molar-refractivity contribution in [2.45, 2.75) is 55.4 Å². The van der Waals surface area contributed by atoms with Gasteiger partial charge in [-0.1, -0.05) is 49.3 Å². The molecule has 0 fully saturated rings. The zero-order chi connectivity index (χ0) is 15.1. The van der Waals surface area contributed by atoms with Gasteiger partial charge in [-0.05, 0) is 53.8 Å². The number of nitrogens with zero attached hydrogens (tertiary/aromatic N) is 1. The molecule has 0 aromatic heterocycles. The van der Waals surface area contributed by atoms with Gasteiger partial charge in [-0.2, -0.15) is 0 Å². The molecule has 0 amide bonds. The van der Waals surface area contributed by atoms with Gasteiger partial charge in [0.2, 0.25) is 0 Å². The van der Waals surface area contributed by atoms with Gasteiger partial charge >= 0.3 is 0 Å².